The van der Waals surface area contributed by atoms with Gasteiger partial charge in [-0.2, -0.15) is 0 Å². The maximum Gasteiger partial charge on any atom is 0.142 e. The zero-order valence-corrected chi connectivity index (χ0v) is 11.3. The van der Waals surface area contributed by atoms with E-state index in [4.69, 9.17) is 4.79 Å². The summed E-state index contributed by atoms with van der Waals surface area (Å²) >= 11 is 0. The first-order chi connectivity index (χ1) is 9.01. The Hall–Kier alpha value is -1.94. The number of halogens is 1. The van der Waals surface area contributed by atoms with Crippen LogP contribution < -0.4 is 0 Å². The Morgan fingerprint density at radius 3 is 2.42 bits per heavy atom. The number of carbonyl (C=O) groups excluding carboxylic acids is 1. The minimum atomic E-state index is -0.247. The molecule has 0 aliphatic heterocycles. The Labute approximate surface area is 113 Å². The van der Waals surface area contributed by atoms with Crippen LogP contribution in [0.4, 0.5) is 4.39 Å². The number of hydrogen-bond acceptors (Lipinski definition) is 3. The van der Waals surface area contributed by atoms with Crippen molar-refractivity contribution in [1.29, 1.82) is 0 Å². The lowest BCUT2D eigenvalue weighted by Crippen LogP contribution is -2.22. The number of benzene rings is 1. The van der Waals surface area contributed by atoms with Crippen LogP contribution in [0.3, 0.4) is 0 Å². The van der Waals surface area contributed by atoms with E-state index in [0.29, 0.717) is 11.8 Å². The zero-order chi connectivity index (χ0) is 14.8. The molecule has 104 valence electrons. The highest BCUT2D eigenvalue weighted by atomic mass is 19.1. The van der Waals surface area contributed by atoms with Crippen molar-refractivity contribution in [3.63, 3.8) is 0 Å². The van der Waals surface area contributed by atoms with Gasteiger partial charge >= 0.3 is 0 Å². The Morgan fingerprint density at radius 1 is 1.47 bits per heavy atom. The van der Waals surface area contributed by atoms with Crippen LogP contribution >= 0.6 is 0 Å². The summed E-state index contributed by atoms with van der Waals surface area (Å²) in [5.41, 5.74) is 1.36. The third kappa shape index (κ3) is 5.48. The smallest absolute Gasteiger partial charge is 0.142 e. The second-order valence-electron chi connectivity index (χ2n) is 3.93. The molecule has 0 radical (unpaired) electrons. The van der Waals surface area contributed by atoms with Gasteiger partial charge in [-0.25, -0.2) is 4.39 Å². The number of nitrogens with zero attached hydrogens (tertiary/aromatic N) is 1. The molecule has 1 aromatic carbocycles. The maximum atomic E-state index is 13.3. The van der Waals surface area contributed by atoms with Crippen LogP contribution in [0, 0.1) is 12.7 Å². The third-order valence-electron chi connectivity index (χ3n) is 2.63. The minimum Gasteiger partial charge on any atom is -0.394 e. The molecule has 0 bridgehead atoms. The van der Waals surface area contributed by atoms with Gasteiger partial charge in [0, 0.05) is 7.05 Å². The van der Waals surface area contributed by atoms with E-state index >= 15 is 0 Å². The summed E-state index contributed by atoms with van der Waals surface area (Å²) in [6.07, 6.45) is 3.44. The van der Waals surface area contributed by atoms with Crippen LogP contribution in [-0.4, -0.2) is 29.9 Å². The molecule has 1 N–H and O–H groups in total. The quantitative estimate of drug-likeness (QED) is 0.657. The molecule has 1 unspecified atom stereocenters. The first kappa shape index (κ1) is 17.1. The summed E-state index contributed by atoms with van der Waals surface area (Å²) in [5.74, 6) is -0.247. The maximum absolute atomic E-state index is 13.3. The highest BCUT2D eigenvalue weighted by Gasteiger charge is 2.14. The molecular formula is C15H20FNO2. The number of hydrogen-bond donors (Lipinski definition) is 1. The third-order valence-corrected chi connectivity index (χ3v) is 2.63. The van der Waals surface area contributed by atoms with Gasteiger partial charge in [-0.1, -0.05) is 25.3 Å². The summed E-state index contributed by atoms with van der Waals surface area (Å²) in [5, 5.41) is 9.23. The molecule has 1 rings (SSSR count). The van der Waals surface area contributed by atoms with Crippen LogP contribution in [0.2, 0.25) is 0 Å². The van der Waals surface area contributed by atoms with E-state index < -0.39 is 0 Å². The molecule has 1 aromatic rings. The van der Waals surface area contributed by atoms with Crippen molar-refractivity contribution in [2.45, 2.75) is 13.0 Å². The van der Waals surface area contributed by atoms with E-state index in [0.717, 1.165) is 5.56 Å². The fourth-order valence-electron chi connectivity index (χ4n) is 1.41. The molecule has 1 atom stereocenters. The minimum absolute atomic E-state index is 0.0645. The Bertz CT molecular complexity index is 426. The van der Waals surface area contributed by atoms with E-state index in [1.165, 1.54) is 12.1 Å². The van der Waals surface area contributed by atoms with Crippen molar-refractivity contribution < 1.29 is 14.3 Å². The number of allylic oxidation sites excluding steroid dienone is 1. The fourth-order valence-corrected chi connectivity index (χ4v) is 1.41. The number of carbonyl (C=O) groups is 1. The van der Waals surface area contributed by atoms with Gasteiger partial charge in [-0.05, 0) is 36.4 Å². The lowest BCUT2D eigenvalue weighted by molar-refractivity contribution is -0.104. The highest BCUT2D eigenvalue weighted by Crippen LogP contribution is 2.21. The van der Waals surface area contributed by atoms with Crippen LogP contribution in [0.1, 0.15) is 17.2 Å². The second kappa shape index (κ2) is 9.05. The van der Waals surface area contributed by atoms with E-state index in [1.807, 2.05) is 6.07 Å². The summed E-state index contributed by atoms with van der Waals surface area (Å²) in [6, 6.07) is 4.75. The van der Waals surface area contributed by atoms with Gasteiger partial charge in [-0.3, -0.25) is 4.79 Å². The average Bonchev–Trinajstić information content (AvgIpc) is 2.43. The predicted molar refractivity (Wildman–Crippen MR) is 75.2 cm³/mol. The average molecular weight is 265 g/mol. The largest absolute Gasteiger partial charge is 0.394 e. The highest BCUT2D eigenvalue weighted by molar-refractivity contribution is 5.63. The summed E-state index contributed by atoms with van der Waals surface area (Å²) in [6.45, 7) is 8.38. The molecule has 0 spiro atoms. The molecular weight excluding hydrogens is 245 g/mol. The lowest BCUT2D eigenvalue weighted by atomic mass is 10.0. The molecule has 0 saturated heterocycles. The molecule has 0 fully saturated rings. The fraction of sp³-hybridized carbons (Fsp3) is 0.267. The van der Waals surface area contributed by atoms with Crippen molar-refractivity contribution in [2.24, 2.45) is 0 Å². The molecule has 19 heavy (non-hydrogen) atoms. The molecule has 0 saturated carbocycles. The normalized spacial score (nSPS) is 10.7. The number of aldehydes is 1. The number of aliphatic hydroxyl groups excluding tert-OH is 1. The van der Waals surface area contributed by atoms with E-state index in [2.05, 4.69) is 13.2 Å². The van der Waals surface area contributed by atoms with Gasteiger partial charge in [0.2, 0.25) is 0 Å². The van der Waals surface area contributed by atoms with Crippen LogP contribution in [0.5, 0.6) is 0 Å². The van der Waals surface area contributed by atoms with Crippen molar-refractivity contribution in [3.8, 4) is 0 Å². The summed E-state index contributed by atoms with van der Waals surface area (Å²) < 4.78 is 13.3. The van der Waals surface area contributed by atoms with Gasteiger partial charge in [0.25, 0.3) is 0 Å². The first-order valence-corrected chi connectivity index (χ1v) is 5.79. The predicted octanol–water partition coefficient (Wildman–Crippen LogP) is 2.61. The van der Waals surface area contributed by atoms with Gasteiger partial charge in [0.1, 0.15) is 12.1 Å². The molecule has 0 amide bonds. The number of likely N-dealkylation sites (N-methyl/N-ethyl adjacent to an activating group) is 1. The molecule has 3 nitrogen and oxygen atoms in total. The van der Waals surface area contributed by atoms with Gasteiger partial charge in [0.15, 0.2) is 0 Å². The van der Waals surface area contributed by atoms with Crippen LogP contribution in [0.15, 0.2) is 43.6 Å². The van der Waals surface area contributed by atoms with E-state index in [1.54, 1.807) is 31.1 Å². The van der Waals surface area contributed by atoms with Crippen molar-refractivity contribution >= 4 is 6.29 Å². The van der Waals surface area contributed by atoms with Crippen molar-refractivity contribution in [2.75, 3.05) is 13.7 Å². The molecule has 0 heterocycles. The lowest BCUT2D eigenvalue weighted by Gasteiger charge is -2.25. The SMILES string of the molecule is C=CC=O.C=CN(C)C(CO)c1ccc(C)c(F)c1. The van der Waals surface area contributed by atoms with Gasteiger partial charge in [-0.15, -0.1) is 0 Å². The van der Waals surface area contributed by atoms with E-state index in [9.17, 15) is 9.50 Å². The number of aliphatic hydroxyl groups is 1. The molecule has 4 heteroatoms. The van der Waals surface area contributed by atoms with Crippen molar-refractivity contribution in [1.82, 2.24) is 4.90 Å². The number of rotatable bonds is 5. The van der Waals surface area contributed by atoms with Gasteiger partial charge < -0.3 is 10.0 Å². The Balaban J connectivity index is 0.000000711. The van der Waals surface area contributed by atoms with Crippen LogP contribution in [-0.2, 0) is 4.79 Å². The molecule has 0 aromatic heterocycles. The van der Waals surface area contributed by atoms with Crippen LogP contribution in [0.25, 0.3) is 0 Å². The van der Waals surface area contributed by atoms with Crippen molar-refractivity contribution in [3.05, 3.63) is 60.6 Å². The molecule has 0 aliphatic carbocycles. The van der Waals surface area contributed by atoms with Gasteiger partial charge in [0.05, 0.1) is 12.6 Å². The topological polar surface area (TPSA) is 40.5 Å². The van der Waals surface area contributed by atoms with E-state index in [-0.39, 0.29) is 18.5 Å². The Kier molecular flexibility index (Phi) is 8.13. The summed E-state index contributed by atoms with van der Waals surface area (Å²) in [7, 11) is 1.80. The zero-order valence-electron chi connectivity index (χ0n) is 11.3. The monoisotopic (exact) mass is 265 g/mol. The second-order valence-corrected chi connectivity index (χ2v) is 3.93. The number of aryl methyl sites for hydroxylation is 1. The standard InChI is InChI=1S/C12H16FNO.C3H4O/c1-4-14(3)12(8-15)10-6-5-9(2)11(13)7-10;1-2-3-4/h4-7,12,15H,1,8H2,2-3H3;2-3H,1H2. The first-order valence-electron chi connectivity index (χ1n) is 5.79. The Morgan fingerprint density at radius 2 is 2.05 bits per heavy atom. The molecule has 0 aliphatic rings. The summed E-state index contributed by atoms with van der Waals surface area (Å²) in [4.78, 5) is 10.8.